The molecule has 27 heavy (non-hydrogen) atoms. The van der Waals surface area contributed by atoms with E-state index in [2.05, 4.69) is 33.4 Å². The molecular weight excluding hydrogens is 338 g/mol. The Balaban J connectivity index is 1.40. The first-order valence-electron chi connectivity index (χ1n) is 10.7. The summed E-state index contributed by atoms with van der Waals surface area (Å²) in [5.41, 5.74) is 1.67. The van der Waals surface area contributed by atoms with Crippen molar-refractivity contribution in [1.82, 2.24) is 20.0 Å². The minimum Gasteiger partial charge on any atom is -0.378 e. The Hall–Kier alpha value is -1.56. The van der Waals surface area contributed by atoms with Crippen LogP contribution < -0.4 is 5.32 Å². The molecule has 1 saturated heterocycles. The third kappa shape index (κ3) is 3.48. The van der Waals surface area contributed by atoms with Gasteiger partial charge < -0.3 is 15.0 Å². The number of aliphatic imine (C=N–C) groups is 1. The molecule has 150 valence electrons. The molecule has 1 aliphatic heterocycles. The lowest BCUT2D eigenvalue weighted by molar-refractivity contribution is -0.146. The van der Waals surface area contributed by atoms with Gasteiger partial charge in [-0.3, -0.25) is 9.67 Å². The second-order valence-corrected chi connectivity index (χ2v) is 8.60. The summed E-state index contributed by atoms with van der Waals surface area (Å²) >= 11 is 0. The average molecular weight is 374 g/mol. The Labute approximate surface area is 163 Å². The summed E-state index contributed by atoms with van der Waals surface area (Å²) in [6.07, 6.45) is 13.5. The number of aromatic nitrogens is 2. The van der Waals surface area contributed by atoms with Crippen LogP contribution in [0.5, 0.6) is 0 Å². The van der Waals surface area contributed by atoms with Gasteiger partial charge in [-0.25, -0.2) is 0 Å². The Morgan fingerprint density at radius 2 is 2.19 bits per heavy atom. The molecular formula is C21H35N5O. The zero-order chi connectivity index (χ0) is 18.9. The molecule has 0 aromatic carbocycles. The molecule has 1 spiro atoms. The number of hydrogen-bond donors (Lipinski definition) is 1. The van der Waals surface area contributed by atoms with Crippen LogP contribution in [0.25, 0.3) is 0 Å². The van der Waals surface area contributed by atoms with Crippen LogP contribution >= 0.6 is 0 Å². The van der Waals surface area contributed by atoms with Crippen molar-refractivity contribution in [2.45, 2.75) is 69.9 Å². The van der Waals surface area contributed by atoms with Crippen molar-refractivity contribution >= 4 is 5.96 Å². The molecule has 6 heteroatoms. The maximum Gasteiger partial charge on any atom is 0.193 e. The summed E-state index contributed by atoms with van der Waals surface area (Å²) in [6.45, 7) is 5.04. The summed E-state index contributed by atoms with van der Waals surface area (Å²) in [4.78, 5) is 7.08. The van der Waals surface area contributed by atoms with E-state index in [0.717, 1.165) is 32.1 Å². The minimum atomic E-state index is 0.326. The molecule has 4 rings (SSSR count). The van der Waals surface area contributed by atoms with Gasteiger partial charge in [0, 0.05) is 57.4 Å². The van der Waals surface area contributed by atoms with Gasteiger partial charge in [0.15, 0.2) is 5.96 Å². The van der Waals surface area contributed by atoms with Crippen LogP contribution in [0.4, 0.5) is 0 Å². The lowest BCUT2D eigenvalue weighted by Gasteiger charge is -2.58. The number of likely N-dealkylation sites (tertiary alicyclic amines) is 1. The number of rotatable bonds is 4. The summed E-state index contributed by atoms with van der Waals surface area (Å²) in [6, 6.07) is 0.505. The highest BCUT2D eigenvalue weighted by atomic mass is 16.5. The summed E-state index contributed by atoms with van der Waals surface area (Å²) < 4.78 is 8.02. The third-order valence-corrected chi connectivity index (χ3v) is 7.14. The van der Waals surface area contributed by atoms with E-state index in [-0.39, 0.29) is 0 Å². The maximum absolute atomic E-state index is 6.12. The molecule has 3 atom stereocenters. The van der Waals surface area contributed by atoms with Gasteiger partial charge >= 0.3 is 0 Å². The molecule has 2 saturated carbocycles. The van der Waals surface area contributed by atoms with Gasteiger partial charge in [0.2, 0.25) is 0 Å². The predicted octanol–water partition coefficient (Wildman–Crippen LogP) is 2.91. The third-order valence-electron chi connectivity index (χ3n) is 7.14. The largest absolute Gasteiger partial charge is 0.378 e. The summed E-state index contributed by atoms with van der Waals surface area (Å²) in [5.74, 6) is 1.63. The van der Waals surface area contributed by atoms with Crippen LogP contribution in [0, 0.1) is 5.41 Å². The van der Waals surface area contributed by atoms with E-state index >= 15 is 0 Å². The smallest absolute Gasteiger partial charge is 0.193 e. The Morgan fingerprint density at radius 3 is 2.85 bits per heavy atom. The Morgan fingerprint density at radius 1 is 1.37 bits per heavy atom. The van der Waals surface area contributed by atoms with Gasteiger partial charge in [0.25, 0.3) is 0 Å². The lowest BCUT2D eigenvalue weighted by Crippen LogP contribution is -2.66. The van der Waals surface area contributed by atoms with Gasteiger partial charge in [-0.2, -0.15) is 5.10 Å². The number of aryl methyl sites for hydroxylation is 1. The molecule has 1 aromatic rings. The fourth-order valence-electron chi connectivity index (χ4n) is 5.59. The number of ether oxygens (including phenoxy) is 1. The van der Waals surface area contributed by atoms with Gasteiger partial charge in [-0.05, 0) is 38.2 Å². The molecule has 0 bridgehead atoms. The molecule has 1 aromatic heterocycles. The van der Waals surface area contributed by atoms with E-state index < -0.39 is 0 Å². The van der Waals surface area contributed by atoms with Crippen LogP contribution in [0.2, 0.25) is 0 Å². The maximum atomic E-state index is 6.12. The van der Waals surface area contributed by atoms with Crippen molar-refractivity contribution in [3.63, 3.8) is 0 Å². The predicted molar refractivity (Wildman–Crippen MR) is 108 cm³/mol. The van der Waals surface area contributed by atoms with E-state index in [4.69, 9.17) is 4.74 Å². The van der Waals surface area contributed by atoms with Crippen LogP contribution in [0.15, 0.2) is 17.4 Å². The van der Waals surface area contributed by atoms with Crippen molar-refractivity contribution in [2.24, 2.45) is 17.5 Å². The van der Waals surface area contributed by atoms with Gasteiger partial charge in [-0.1, -0.05) is 19.3 Å². The molecule has 3 unspecified atom stereocenters. The SMILES string of the molecule is CCOC1CC(NC(=NC)N2CCC(c3cnn(C)c3)C2)C12CCCCC2. The summed E-state index contributed by atoms with van der Waals surface area (Å²) in [5, 5.41) is 8.19. The van der Waals surface area contributed by atoms with Crippen LogP contribution in [0.1, 0.15) is 63.4 Å². The molecule has 3 fully saturated rings. The fraction of sp³-hybridized carbons (Fsp3) is 0.810. The fourth-order valence-corrected chi connectivity index (χ4v) is 5.59. The van der Waals surface area contributed by atoms with Gasteiger partial charge in [0.1, 0.15) is 0 Å². The first-order chi connectivity index (χ1) is 13.2. The van der Waals surface area contributed by atoms with E-state index in [1.54, 1.807) is 0 Å². The van der Waals surface area contributed by atoms with Crippen molar-refractivity contribution in [3.8, 4) is 0 Å². The highest BCUT2D eigenvalue weighted by Crippen LogP contribution is 2.53. The van der Waals surface area contributed by atoms with E-state index in [1.165, 1.54) is 44.1 Å². The number of hydrogen-bond acceptors (Lipinski definition) is 3. The van der Waals surface area contributed by atoms with Crippen molar-refractivity contribution in [2.75, 3.05) is 26.7 Å². The van der Waals surface area contributed by atoms with Crippen LogP contribution in [-0.2, 0) is 11.8 Å². The standard InChI is InChI=1S/C21H35N5O/c1-4-27-19-12-18(21(19)9-6-5-7-10-21)24-20(22-2)26-11-8-16(15-26)17-13-23-25(3)14-17/h13-14,16,18-19H,4-12,15H2,1-3H3,(H,22,24). The van der Waals surface area contributed by atoms with Crippen LogP contribution in [0.3, 0.4) is 0 Å². The molecule has 0 radical (unpaired) electrons. The Bertz CT molecular complexity index is 663. The highest BCUT2D eigenvalue weighted by molar-refractivity contribution is 5.81. The second-order valence-electron chi connectivity index (χ2n) is 8.60. The van der Waals surface area contributed by atoms with Gasteiger partial charge in [-0.15, -0.1) is 0 Å². The first-order valence-corrected chi connectivity index (χ1v) is 10.7. The van der Waals surface area contributed by atoms with E-state index in [1.807, 2.05) is 25.0 Å². The average Bonchev–Trinajstić information content (AvgIpc) is 3.34. The number of nitrogens with one attached hydrogen (secondary N) is 1. The van der Waals surface area contributed by atoms with Crippen molar-refractivity contribution in [1.29, 1.82) is 0 Å². The molecule has 0 amide bonds. The molecule has 2 aliphatic carbocycles. The zero-order valence-electron chi connectivity index (χ0n) is 17.2. The zero-order valence-corrected chi connectivity index (χ0v) is 17.2. The Kier molecular flexibility index (Phi) is 5.44. The minimum absolute atomic E-state index is 0.326. The van der Waals surface area contributed by atoms with E-state index in [9.17, 15) is 0 Å². The normalized spacial score (nSPS) is 30.6. The van der Waals surface area contributed by atoms with Crippen LogP contribution in [-0.4, -0.2) is 59.5 Å². The summed E-state index contributed by atoms with van der Waals surface area (Å²) in [7, 11) is 3.91. The number of guanidine groups is 1. The highest BCUT2D eigenvalue weighted by Gasteiger charge is 2.56. The van der Waals surface area contributed by atoms with Crippen molar-refractivity contribution < 1.29 is 4.74 Å². The topological polar surface area (TPSA) is 54.7 Å². The molecule has 3 aliphatic rings. The number of nitrogens with zero attached hydrogens (tertiary/aromatic N) is 4. The molecule has 6 nitrogen and oxygen atoms in total. The molecule has 1 N–H and O–H groups in total. The monoisotopic (exact) mass is 373 g/mol. The van der Waals surface area contributed by atoms with Crippen molar-refractivity contribution in [3.05, 3.63) is 18.0 Å². The quantitative estimate of drug-likeness (QED) is 0.651. The second kappa shape index (κ2) is 7.82. The van der Waals surface area contributed by atoms with E-state index in [0.29, 0.717) is 23.5 Å². The van der Waals surface area contributed by atoms with Gasteiger partial charge in [0.05, 0.1) is 12.3 Å². The first kappa shape index (κ1) is 18.8. The molecule has 2 heterocycles. The lowest BCUT2D eigenvalue weighted by atomic mass is 9.55.